The molecule has 6 heteroatoms. The molecular formula is C14H25N3O3. The van der Waals surface area contributed by atoms with E-state index < -0.39 is 0 Å². The van der Waals surface area contributed by atoms with E-state index >= 15 is 0 Å². The Morgan fingerprint density at radius 1 is 1.45 bits per heavy atom. The van der Waals surface area contributed by atoms with Gasteiger partial charge in [0.15, 0.2) is 5.82 Å². The number of aryl methyl sites for hydroxylation is 1. The van der Waals surface area contributed by atoms with Gasteiger partial charge in [-0.1, -0.05) is 32.9 Å². The third kappa shape index (κ3) is 5.28. The third-order valence-corrected chi connectivity index (χ3v) is 3.04. The Labute approximate surface area is 120 Å². The number of hydrogen-bond donors (Lipinski definition) is 2. The zero-order chi connectivity index (χ0) is 15.2. The zero-order valence-corrected chi connectivity index (χ0v) is 12.8. The standard InChI is InChI=1S/C14H25N3O3/c1-5-10(8-9-18)15-11(19)6-7-12-16-13(17-20-12)14(2,3)4/h10,18H,5-9H2,1-4H3,(H,15,19). The normalized spacial score (nSPS) is 13.2. The van der Waals surface area contributed by atoms with Crippen molar-refractivity contribution in [3.63, 3.8) is 0 Å². The Morgan fingerprint density at radius 2 is 2.15 bits per heavy atom. The van der Waals surface area contributed by atoms with Crippen LogP contribution < -0.4 is 5.32 Å². The summed E-state index contributed by atoms with van der Waals surface area (Å²) in [6.07, 6.45) is 2.14. The molecule has 0 saturated carbocycles. The topological polar surface area (TPSA) is 88.2 Å². The highest BCUT2D eigenvalue weighted by molar-refractivity contribution is 5.76. The molecule has 1 unspecified atom stereocenters. The lowest BCUT2D eigenvalue weighted by molar-refractivity contribution is -0.122. The number of aliphatic hydroxyl groups is 1. The van der Waals surface area contributed by atoms with Crippen LogP contribution in [0.1, 0.15) is 58.7 Å². The first-order chi connectivity index (χ1) is 9.36. The van der Waals surface area contributed by atoms with E-state index in [4.69, 9.17) is 9.63 Å². The highest BCUT2D eigenvalue weighted by atomic mass is 16.5. The summed E-state index contributed by atoms with van der Waals surface area (Å²) in [5.41, 5.74) is -0.154. The second-order valence-electron chi connectivity index (χ2n) is 5.95. The van der Waals surface area contributed by atoms with E-state index in [-0.39, 0.29) is 24.0 Å². The summed E-state index contributed by atoms with van der Waals surface area (Å²) in [6, 6.07) is 0.0281. The fourth-order valence-corrected chi connectivity index (χ4v) is 1.72. The molecule has 0 radical (unpaired) electrons. The summed E-state index contributed by atoms with van der Waals surface area (Å²) in [5, 5.41) is 15.7. The molecule has 0 aliphatic rings. The molecule has 1 rings (SSSR count). The molecule has 1 aromatic heterocycles. The predicted molar refractivity (Wildman–Crippen MR) is 75.2 cm³/mol. The van der Waals surface area contributed by atoms with Gasteiger partial charge in [0.2, 0.25) is 11.8 Å². The van der Waals surface area contributed by atoms with Crippen LogP contribution in [0, 0.1) is 0 Å². The van der Waals surface area contributed by atoms with E-state index in [1.54, 1.807) is 0 Å². The van der Waals surface area contributed by atoms with Crippen LogP contribution in [0.15, 0.2) is 4.52 Å². The average molecular weight is 283 g/mol. The van der Waals surface area contributed by atoms with Crippen LogP contribution in [0.4, 0.5) is 0 Å². The lowest BCUT2D eigenvalue weighted by Crippen LogP contribution is -2.35. The minimum absolute atomic E-state index is 0.0281. The lowest BCUT2D eigenvalue weighted by Gasteiger charge is -2.15. The maximum Gasteiger partial charge on any atom is 0.227 e. The highest BCUT2D eigenvalue weighted by Crippen LogP contribution is 2.18. The molecule has 0 aliphatic carbocycles. The second-order valence-corrected chi connectivity index (χ2v) is 5.95. The van der Waals surface area contributed by atoms with Crippen molar-refractivity contribution in [1.82, 2.24) is 15.5 Å². The van der Waals surface area contributed by atoms with Crippen molar-refractivity contribution in [2.45, 2.75) is 64.8 Å². The Balaban J connectivity index is 2.43. The Kier molecular flexibility index (Phi) is 6.13. The molecule has 1 aromatic rings. The van der Waals surface area contributed by atoms with Crippen LogP contribution in [0.5, 0.6) is 0 Å². The van der Waals surface area contributed by atoms with Gasteiger partial charge in [-0.15, -0.1) is 0 Å². The van der Waals surface area contributed by atoms with Crippen molar-refractivity contribution in [2.75, 3.05) is 6.61 Å². The number of amides is 1. The van der Waals surface area contributed by atoms with Gasteiger partial charge in [0, 0.05) is 30.9 Å². The number of nitrogens with one attached hydrogen (secondary N) is 1. The number of hydrogen-bond acceptors (Lipinski definition) is 5. The fraction of sp³-hybridized carbons (Fsp3) is 0.786. The van der Waals surface area contributed by atoms with Gasteiger partial charge in [-0.3, -0.25) is 4.79 Å². The highest BCUT2D eigenvalue weighted by Gasteiger charge is 2.21. The summed E-state index contributed by atoms with van der Waals surface area (Å²) >= 11 is 0. The number of carbonyl (C=O) groups is 1. The molecule has 1 heterocycles. The number of nitrogens with zero attached hydrogens (tertiary/aromatic N) is 2. The SMILES string of the molecule is CCC(CCO)NC(=O)CCc1nc(C(C)(C)C)no1. The van der Waals surface area contributed by atoms with Crippen molar-refractivity contribution in [3.05, 3.63) is 11.7 Å². The van der Waals surface area contributed by atoms with Gasteiger partial charge >= 0.3 is 0 Å². The van der Waals surface area contributed by atoms with Gasteiger partial charge in [-0.2, -0.15) is 4.98 Å². The molecule has 1 amide bonds. The molecule has 114 valence electrons. The van der Waals surface area contributed by atoms with E-state index in [0.29, 0.717) is 31.0 Å². The monoisotopic (exact) mass is 283 g/mol. The zero-order valence-electron chi connectivity index (χ0n) is 12.8. The third-order valence-electron chi connectivity index (χ3n) is 3.04. The molecule has 1 atom stereocenters. The Hall–Kier alpha value is -1.43. The van der Waals surface area contributed by atoms with Crippen LogP contribution in [-0.2, 0) is 16.6 Å². The molecular weight excluding hydrogens is 258 g/mol. The summed E-state index contributed by atoms with van der Waals surface area (Å²) in [6.45, 7) is 8.09. The van der Waals surface area contributed by atoms with E-state index in [2.05, 4.69) is 15.5 Å². The molecule has 20 heavy (non-hydrogen) atoms. The molecule has 0 bridgehead atoms. The van der Waals surface area contributed by atoms with Crippen LogP contribution in [0.2, 0.25) is 0 Å². The summed E-state index contributed by atoms with van der Waals surface area (Å²) < 4.78 is 5.14. The van der Waals surface area contributed by atoms with Crippen molar-refractivity contribution in [2.24, 2.45) is 0 Å². The van der Waals surface area contributed by atoms with Crippen LogP contribution in [-0.4, -0.2) is 33.8 Å². The van der Waals surface area contributed by atoms with Gasteiger partial charge in [0.05, 0.1) is 0 Å². The molecule has 0 spiro atoms. The van der Waals surface area contributed by atoms with Crippen molar-refractivity contribution < 1.29 is 14.4 Å². The number of carbonyl (C=O) groups excluding carboxylic acids is 1. The minimum atomic E-state index is -0.154. The predicted octanol–water partition coefficient (Wildman–Crippen LogP) is 1.58. The van der Waals surface area contributed by atoms with Crippen molar-refractivity contribution >= 4 is 5.91 Å². The van der Waals surface area contributed by atoms with E-state index in [1.807, 2.05) is 27.7 Å². The maximum absolute atomic E-state index is 11.8. The molecule has 0 aliphatic heterocycles. The van der Waals surface area contributed by atoms with Crippen molar-refractivity contribution in [3.8, 4) is 0 Å². The first-order valence-corrected chi connectivity index (χ1v) is 7.10. The summed E-state index contributed by atoms with van der Waals surface area (Å²) in [7, 11) is 0. The largest absolute Gasteiger partial charge is 0.396 e. The molecule has 2 N–H and O–H groups in total. The smallest absolute Gasteiger partial charge is 0.227 e. The molecule has 0 saturated heterocycles. The van der Waals surface area contributed by atoms with Gasteiger partial charge in [-0.05, 0) is 12.8 Å². The van der Waals surface area contributed by atoms with Crippen molar-refractivity contribution in [1.29, 1.82) is 0 Å². The fourth-order valence-electron chi connectivity index (χ4n) is 1.72. The van der Waals surface area contributed by atoms with Gasteiger partial charge in [0.25, 0.3) is 0 Å². The molecule has 6 nitrogen and oxygen atoms in total. The number of rotatable bonds is 7. The minimum Gasteiger partial charge on any atom is -0.396 e. The van der Waals surface area contributed by atoms with E-state index in [9.17, 15) is 4.79 Å². The van der Waals surface area contributed by atoms with Crippen LogP contribution >= 0.6 is 0 Å². The second kappa shape index (κ2) is 7.38. The van der Waals surface area contributed by atoms with E-state index in [0.717, 1.165) is 6.42 Å². The van der Waals surface area contributed by atoms with Gasteiger partial charge in [-0.25, -0.2) is 0 Å². The van der Waals surface area contributed by atoms with E-state index in [1.165, 1.54) is 0 Å². The summed E-state index contributed by atoms with van der Waals surface area (Å²) in [4.78, 5) is 16.1. The maximum atomic E-state index is 11.8. The van der Waals surface area contributed by atoms with Gasteiger partial charge in [0.1, 0.15) is 0 Å². The number of aromatic nitrogens is 2. The molecule has 0 aromatic carbocycles. The Morgan fingerprint density at radius 3 is 2.65 bits per heavy atom. The first-order valence-electron chi connectivity index (χ1n) is 7.10. The van der Waals surface area contributed by atoms with Crippen LogP contribution in [0.25, 0.3) is 0 Å². The molecule has 0 fully saturated rings. The average Bonchev–Trinajstić information content (AvgIpc) is 2.84. The lowest BCUT2D eigenvalue weighted by atomic mass is 9.96. The quantitative estimate of drug-likeness (QED) is 0.793. The van der Waals surface area contributed by atoms with Gasteiger partial charge < -0.3 is 14.9 Å². The van der Waals surface area contributed by atoms with Crippen LogP contribution in [0.3, 0.4) is 0 Å². The Bertz CT molecular complexity index is 424. The number of aliphatic hydroxyl groups excluding tert-OH is 1. The summed E-state index contributed by atoms with van der Waals surface area (Å²) in [5.74, 6) is 1.08. The first kappa shape index (κ1) is 16.6.